The minimum absolute atomic E-state index is 0.0280. The van der Waals surface area contributed by atoms with Crippen molar-refractivity contribution in [3.63, 3.8) is 0 Å². The van der Waals surface area contributed by atoms with Crippen LogP contribution in [0.25, 0.3) is 0 Å². The summed E-state index contributed by atoms with van der Waals surface area (Å²) in [5.41, 5.74) is -1.10. The number of nitrogens with zero attached hydrogens (tertiary/aromatic N) is 4. The van der Waals surface area contributed by atoms with Gasteiger partial charge in [0.05, 0.1) is 14.2 Å². The van der Waals surface area contributed by atoms with Crippen LogP contribution in [-0.4, -0.2) is 81.0 Å². The number of carboxylic acids is 1. The fourth-order valence-corrected chi connectivity index (χ4v) is 3.21. The van der Waals surface area contributed by atoms with Crippen LogP contribution in [0.3, 0.4) is 0 Å². The molecule has 2 rings (SSSR count). The summed E-state index contributed by atoms with van der Waals surface area (Å²) in [5, 5.41) is 25.4. The fourth-order valence-electron chi connectivity index (χ4n) is 3.21. The van der Waals surface area contributed by atoms with E-state index in [2.05, 4.69) is 30.9 Å². The molecular weight excluding hydrogens is 504 g/mol. The van der Waals surface area contributed by atoms with Gasteiger partial charge >= 0.3 is 24.0 Å². The molecule has 0 spiro atoms. The number of carboxylic acid groups (broad SMARTS) is 1. The van der Waals surface area contributed by atoms with Crippen molar-refractivity contribution in [3.05, 3.63) is 41.7 Å². The molecule has 1 aromatic heterocycles. The minimum atomic E-state index is -1.82. The number of hydrogen-bond donors (Lipinski definition) is 3. The molecule has 1 heterocycles. The molecule has 0 saturated carbocycles. The lowest BCUT2D eigenvalue weighted by Gasteiger charge is -2.26. The molecule has 0 aliphatic rings. The van der Waals surface area contributed by atoms with E-state index < -0.39 is 41.5 Å². The van der Waals surface area contributed by atoms with Gasteiger partial charge in [-0.3, -0.25) is 9.59 Å². The van der Waals surface area contributed by atoms with Gasteiger partial charge in [0.15, 0.2) is 5.82 Å². The molecule has 1 aromatic carbocycles. The van der Waals surface area contributed by atoms with Gasteiger partial charge in [-0.05, 0) is 35.8 Å². The molecule has 15 nitrogen and oxygen atoms in total. The third-order valence-electron chi connectivity index (χ3n) is 5.50. The first-order valence-corrected chi connectivity index (χ1v) is 11.5. The number of esters is 2. The van der Waals surface area contributed by atoms with E-state index in [1.54, 1.807) is 30.3 Å². The van der Waals surface area contributed by atoms with Crippen LogP contribution >= 0.6 is 0 Å². The highest BCUT2D eigenvalue weighted by Crippen LogP contribution is 2.15. The van der Waals surface area contributed by atoms with Crippen molar-refractivity contribution < 1.29 is 43.3 Å². The van der Waals surface area contributed by atoms with Gasteiger partial charge in [-0.15, -0.1) is 5.10 Å². The molecule has 0 bridgehead atoms. The maximum atomic E-state index is 12.6. The van der Waals surface area contributed by atoms with Crippen molar-refractivity contribution in [1.29, 1.82) is 0 Å². The molecule has 2 amide bonds. The first-order valence-electron chi connectivity index (χ1n) is 11.5. The summed E-state index contributed by atoms with van der Waals surface area (Å²) in [6.45, 7) is 0.945. The lowest BCUT2D eigenvalue weighted by Crippen LogP contribution is -2.53. The van der Waals surface area contributed by atoms with Crippen molar-refractivity contribution >= 4 is 29.9 Å². The number of carbonyl (C=O) groups is 5. The zero-order chi connectivity index (χ0) is 28.1. The quantitative estimate of drug-likeness (QED) is 0.216. The molecule has 2 aromatic rings. The predicted octanol–water partition coefficient (Wildman–Crippen LogP) is -0.0136. The number of aryl methyl sites for hydroxylation is 1. The molecule has 0 radical (unpaired) electrons. The topological polar surface area (TPSA) is 201 Å². The second-order valence-corrected chi connectivity index (χ2v) is 8.33. The Balaban J connectivity index is 1.93. The van der Waals surface area contributed by atoms with Crippen LogP contribution in [-0.2, 0) is 53.0 Å². The maximum Gasteiger partial charge on any atom is 0.408 e. The summed E-state index contributed by atoms with van der Waals surface area (Å²) in [7, 11) is 2.36. The second-order valence-electron chi connectivity index (χ2n) is 8.33. The van der Waals surface area contributed by atoms with Gasteiger partial charge in [0.1, 0.15) is 24.7 Å². The summed E-state index contributed by atoms with van der Waals surface area (Å²) < 4.78 is 15.6. The summed E-state index contributed by atoms with van der Waals surface area (Å²) in [5.74, 6) is -3.06. The number of amides is 2. The van der Waals surface area contributed by atoms with Crippen LogP contribution in [0.15, 0.2) is 30.3 Å². The number of nitrogens with one attached hydrogen (secondary N) is 2. The Labute approximate surface area is 217 Å². The fraction of sp³-hybridized carbons (Fsp3) is 0.478. The SMILES string of the molecule is COC(=O)Cn1nnnc1CC[C@H](NC(=O)CC[C@](C)(NC(=O)OCc1ccccc1)C(=O)O)C(=O)OC. The number of methoxy groups -OCH3 is 2. The van der Waals surface area contributed by atoms with Gasteiger partial charge in [0.2, 0.25) is 5.91 Å². The Morgan fingerprint density at radius 1 is 1.11 bits per heavy atom. The van der Waals surface area contributed by atoms with Gasteiger partial charge in [-0.2, -0.15) is 0 Å². The largest absolute Gasteiger partial charge is 0.480 e. The van der Waals surface area contributed by atoms with Gasteiger partial charge in [0, 0.05) is 12.8 Å². The Morgan fingerprint density at radius 2 is 1.82 bits per heavy atom. The minimum Gasteiger partial charge on any atom is -0.480 e. The smallest absolute Gasteiger partial charge is 0.408 e. The van der Waals surface area contributed by atoms with Crippen molar-refractivity contribution in [2.45, 2.75) is 57.3 Å². The molecule has 38 heavy (non-hydrogen) atoms. The highest BCUT2D eigenvalue weighted by Gasteiger charge is 2.36. The standard InChI is InChI=1S/C23H30N6O9/c1-23(21(33)34,25-22(35)38-14-15-7-5-4-6-8-15)12-11-18(30)24-16(20(32)37-3)9-10-17-26-27-28-29(17)13-19(31)36-2/h4-8,16H,9-14H2,1-3H3,(H,24,30)(H,25,35)(H,33,34)/t16-,23-/m0/s1. The number of alkyl carbamates (subject to hydrolysis) is 1. The first kappa shape index (κ1) is 29.7. The van der Waals surface area contributed by atoms with Crippen molar-refractivity contribution in [2.75, 3.05) is 14.2 Å². The molecule has 0 unspecified atom stereocenters. The molecule has 0 fully saturated rings. The van der Waals surface area contributed by atoms with E-state index >= 15 is 0 Å². The third kappa shape index (κ3) is 9.15. The highest BCUT2D eigenvalue weighted by molar-refractivity contribution is 5.87. The van der Waals surface area contributed by atoms with E-state index in [-0.39, 0.29) is 44.7 Å². The van der Waals surface area contributed by atoms with E-state index in [4.69, 9.17) is 9.47 Å². The van der Waals surface area contributed by atoms with Crippen molar-refractivity contribution in [1.82, 2.24) is 30.8 Å². The zero-order valence-corrected chi connectivity index (χ0v) is 21.2. The van der Waals surface area contributed by atoms with E-state index in [0.717, 1.165) is 7.11 Å². The van der Waals surface area contributed by atoms with Crippen LogP contribution < -0.4 is 10.6 Å². The van der Waals surface area contributed by atoms with Crippen molar-refractivity contribution in [2.24, 2.45) is 0 Å². The molecular formula is C23H30N6O9. The Kier molecular flexibility index (Phi) is 11.1. The van der Waals surface area contributed by atoms with Crippen LogP contribution in [0.2, 0.25) is 0 Å². The monoisotopic (exact) mass is 534 g/mol. The Hall–Kier alpha value is -4.56. The van der Waals surface area contributed by atoms with E-state index in [0.29, 0.717) is 5.56 Å². The number of aliphatic carboxylic acids is 1. The third-order valence-corrected chi connectivity index (χ3v) is 5.50. The molecule has 3 N–H and O–H groups in total. The number of carbonyl (C=O) groups excluding carboxylic acids is 4. The van der Waals surface area contributed by atoms with Crippen LogP contribution in [0.4, 0.5) is 4.79 Å². The molecule has 15 heteroatoms. The lowest BCUT2D eigenvalue weighted by atomic mass is 9.95. The highest BCUT2D eigenvalue weighted by atomic mass is 16.5. The summed E-state index contributed by atoms with van der Waals surface area (Å²) in [6.07, 6.45) is -1.46. The second kappa shape index (κ2) is 14.2. The van der Waals surface area contributed by atoms with Gasteiger partial charge in [-0.1, -0.05) is 30.3 Å². The van der Waals surface area contributed by atoms with Crippen LogP contribution in [0.5, 0.6) is 0 Å². The number of aromatic nitrogens is 4. The van der Waals surface area contributed by atoms with Crippen molar-refractivity contribution in [3.8, 4) is 0 Å². The average Bonchev–Trinajstić information content (AvgIpc) is 3.35. The number of benzene rings is 1. The Bertz CT molecular complexity index is 1120. The number of ether oxygens (including phenoxy) is 3. The normalized spacial score (nSPS) is 12.9. The van der Waals surface area contributed by atoms with Gasteiger partial charge in [-0.25, -0.2) is 19.1 Å². The van der Waals surface area contributed by atoms with Gasteiger partial charge in [0.25, 0.3) is 0 Å². The molecule has 0 aliphatic carbocycles. The lowest BCUT2D eigenvalue weighted by molar-refractivity contribution is -0.146. The predicted molar refractivity (Wildman–Crippen MR) is 127 cm³/mol. The summed E-state index contributed by atoms with van der Waals surface area (Å²) in [4.78, 5) is 60.4. The summed E-state index contributed by atoms with van der Waals surface area (Å²) in [6, 6.07) is 7.71. The molecule has 0 aliphatic heterocycles. The number of tetrazole rings is 1. The van der Waals surface area contributed by atoms with E-state index in [1.807, 2.05) is 0 Å². The number of rotatable bonds is 14. The van der Waals surface area contributed by atoms with E-state index in [9.17, 15) is 29.1 Å². The summed E-state index contributed by atoms with van der Waals surface area (Å²) >= 11 is 0. The number of hydrogen-bond acceptors (Lipinski definition) is 11. The van der Waals surface area contributed by atoms with Crippen LogP contribution in [0.1, 0.15) is 37.6 Å². The maximum absolute atomic E-state index is 12.6. The molecule has 0 saturated heterocycles. The van der Waals surface area contributed by atoms with Gasteiger partial charge < -0.3 is 30.0 Å². The van der Waals surface area contributed by atoms with E-state index in [1.165, 1.54) is 18.7 Å². The molecule has 2 atom stereocenters. The average molecular weight is 535 g/mol. The zero-order valence-electron chi connectivity index (χ0n) is 21.2. The molecule has 206 valence electrons. The van der Waals surface area contributed by atoms with Crippen LogP contribution in [0, 0.1) is 0 Å². The first-order chi connectivity index (χ1) is 18.1. The Morgan fingerprint density at radius 3 is 2.45 bits per heavy atom.